The number of carbonyl (C=O) groups excluding carboxylic acids is 1. The molecule has 0 spiro atoms. The molecular weight excluding hydrogens is 414 g/mol. The summed E-state index contributed by atoms with van der Waals surface area (Å²) in [4.78, 5) is 24.1. The normalized spacial score (nSPS) is 13.0. The van der Waals surface area contributed by atoms with Crippen molar-refractivity contribution in [2.24, 2.45) is 4.99 Å². The molecule has 0 atom stereocenters. The molecule has 2 N–H and O–H groups in total. The number of aryl methyl sites for hydroxylation is 2. The third kappa shape index (κ3) is 5.14. The molecule has 2 heterocycles. The summed E-state index contributed by atoms with van der Waals surface area (Å²) in [6.45, 7) is 6.23. The predicted octanol–water partition coefficient (Wildman–Crippen LogP) is 4.26. The van der Waals surface area contributed by atoms with Gasteiger partial charge in [-0.15, -0.1) is 0 Å². The molecule has 1 aromatic heterocycles. The Kier molecular flexibility index (Phi) is 6.58. The van der Waals surface area contributed by atoms with Crippen LogP contribution in [0.2, 0.25) is 0 Å². The summed E-state index contributed by atoms with van der Waals surface area (Å²) in [6, 6.07) is 15.8. The van der Waals surface area contributed by atoms with E-state index in [1.165, 1.54) is 0 Å². The number of likely N-dealkylation sites (N-methyl/N-ethyl adjacent to an activating group) is 1. The highest BCUT2D eigenvalue weighted by Gasteiger charge is 2.18. The molecule has 0 bridgehead atoms. The number of hydrogen-bond acceptors (Lipinski definition) is 6. The van der Waals surface area contributed by atoms with Crippen molar-refractivity contribution in [3.05, 3.63) is 82.5 Å². The lowest BCUT2D eigenvalue weighted by atomic mass is 10.1. The van der Waals surface area contributed by atoms with Gasteiger partial charge in [0.15, 0.2) is 0 Å². The zero-order valence-electron chi connectivity index (χ0n) is 19.5. The van der Waals surface area contributed by atoms with Crippen molar-refractivity contribution in [3.8, 4) is 5.75 Å². The Labute approximate surface area is 194 Å². The Morgan fingerprint density at radius 1 is 1.09 bits per heavy atom. The number of pyridine rings is 1. The van der Waals surface area contributed by atoms with E-state index in [1.807, 2.05) is 32.0 Å². The summed E-state index contributed by atoms with van der Waals surface area (Å²) in [5.74, 6) is 1.91. The molecule has 2 aromatic carbocycles. The van der Waals surface area contributed by atoms with Crippen LogP contribution in [-0.4, -0.2) is 48.9 Å². The maximum atomic E-state index is 13.1. The van der Waals surface area contributed by atoms with E-state index >= 15 is 0 Å². The molecule has 1 aliphatic rings. The summed E-state index contributed by atoms with van der Waals surface area (Å²) in [5, 5.41) is 6.28. The number of carbonyl (C=O) groups is 1. The molecule has 170 valence electrons. The Hall–Kier alpha value is -3.87. The molecule has 7 heteroatoms. The van der Waals surface area contributed by atoms with Gasteiger partial charge < -0.3 is 20.3 Å². The maximum absolute atomic E-state index is 13.1. The van der Waals surface area contributed by atoms with Gasteiger partial charge in [0, 0.05) is 31.9 Å². The van der Waals surface area contributed by atoms with E-state index in [0.29, 0.717) is 29.4 Å². The number of anilines is 2. The van der Waals surface area contributed by atoms with Crippen LogP contribution in [0, 0.1) is 13.8 Å². The molecule has 4 rings (SSSR count). The minimum atomic E-state index is -0.242. The fourth-order valence-corrected chi connectivity index (χ4v) is 3.81. The number of nitrogens with one attached hydrogen (secondary N) is 2. The third-order valence-electron chi connectivity index (χ3n) is 5.60. The Morgan fingerprint density at radius 2 is 1.88 bits per heavy atom. The van der Waals surface area contributed by atoms with Crippen molar-refractivity contribution < 1.29 is 9.53 Å². The largest absolute Gasteiger partial charge is 0.495 e. The fraction of sp³-hybridized carbons (Fsp3) is 0.269. The number of methoxy groups -OCH3 is 1. The number of rotatable bonds is 7. The van der Waals surface area contributed by atoms with Gasteiger partial charge in [0.05, 0.1) is 24.9 Å². The summed E-state index contributed by atoms with van der Waals surface area (Å²) < 4.78 is 5.59. The standard InChI is InChI=1S/C26H29N5O2/c1-17-5-10-23(28-15-17)30-26(32)21-13-18(2)14-22(33-4)24(21)29-16-19-6-8-20(9-7-19)25-27-11-12-31(25)3/h5-10,13-15,29H,11-12,16H2,1-4H3,(H,28,30,32). The highest BCUT2D eigenvalue weighted by Crippen LogP contribution is 2.31. The second-order valence-electron chi connectivity index (χ2n) is 8.24. The maximum Gasteiger partial charge on any atom is 0.259 e. The molecule has 0 unspecified atom stereocenters. The van der Waals surface area contributed by atoms with Crippen LogP contribution in [0.3, 0.4) is 0 Å². The first kappa shape index (κ1) is 22.3. The molecule has 0 saturated heterocycles. The van der Waals surface area contributed by atoms with Crippen LogP contribution in [0.4, 0.5) is 11.5 Å². The number of amides is 1. The van der Waals surface area contributed by atoms with Gasteiger partial charge in [-0.3, -0.25) is 9.79 Å². The van der Waals surface area contributed by atoms with Gasteiger partial charge in [-0.2, -0.15) is 0 Å². The van der Waals surface area contributed by atoms with Gasteiger partial charge >= 0.3 is 0 Å². The number of benzene rings is 2. The first-order valence-electron chi connectivity index (χ1n) is 11.0. The van der Waals surface area contributed by atoms with Crippen molar-refractivity contribution in [1.82, 2.24) is 9.88 Å². The van der Waals surface area contributed by atoms with E-state index in [2.05, 4.69) is 56.8 Å². The van der Waals surface area contributed by atoms with Gasteiger partial charge in [-0.05, 0) is 48.7 Å². The molecule has 33 heavy (non-hydrogen) atoms. The van der Waals surface area contributed by atoms with Crippen LogP contribution in [0.15, 0.2) is 59.7 Å². The van der Waals surface area contributed by atoms with Gasteiger partial charge in [0.25, 0.3) is 5.91 Å². The minimum absolute atomic E-state index is 0.242. The van der Waals surface area contributed by atoms with Crippen molar-refractivity contribution in [3.63, 3.8) is 0 Å². The lowest BCUT2D eigenvalue weighted by molar-refractivity contribution is 0.102. The Bertz CT molecular complexity index is 1170. The van der Waals surface area contributed by atoms with Crippen LogP contribution in [0.25, 0.3) is 0 Å². The highest BCUT2D eigenvalue weighted by molar-refractivity contribution is 6.08. The van der Waals surface area contributed by atoms with E-state index in [4.69, 9.17) is 4.74 Å². The van der Waals surface area contributed by atoms with Crippen LogP contribution < -0.4 is 15.4 Å². The van der Waals surface area contributed by atoms with Gasteiger partial charge in [-0.1, -0.05) is 30.3 Å². The molecule has 0 radical (unpaired) electrons. The predicted molar refractivity (Wildman–Crippen MR) is 132 cm³/mol. The van der Waals surface area contributed by atoms with Crippen LogP contribution in [0.1, 0.15) is 32.6 Å². The molecule has 0 fully saturated rings. The number of nitrogens with zero attached hydrogens (tertiary/aromatic N) is 3. The lowest BCUT2D eigenvalue weighted by Crippen LogP contribution is -2.23. The number of ether oxygens (including phenoxy) is 1. The monoisotopic (exact) mass is 443 g/mol. The molecule has 1 amide bonds. The first-order chi connectivity index (χ1) is 15.9. The summed E-state index contributed by atoms with van der Waals surface area (Å²) in [6.07, 6.45) is 1.73. The second-order valence-corrected chi connectivity index (χ2v) is 8.24. The molecule has 0 aliphatic carbocycles. The van der Waals surface area contributed by atoms with E-state index in [1.54, 1.807) is 19.4 Å². The minimum Gasteiger partial charge on any atom is -0.495 e. The summed E-state index contributed by atoms with van der Waals surface area (Å²) in [7, 11) is 3.67. The van der Waals surface area contributed by atoms with Crippen molar-refractivity contribution in [2.45, 2.75) is 20.4 Å². The smallest absolute Gasteiger partial charge is 0.259 e. The molecule has 3 aromatic rings. The van der Waals surface area contributed by atoms with E-state index in [9.17, 15) is 4.79 Å². The second kappa shape index (κ2) is 9.73. The first-order valence-corrected chi connectivity index (χ1v) is 11.0. The highest BCUT2D eigenvalue weighted by atomic mass is 16.5. The van der Waals surface area contributed by atoms with Crippen LogP contribution in [-0.2, 0) is 6.54 Å². The lowest BCUT2D eigenvalue weighted by Gasteiger charge is -2.17. The van der Waals surface area contributed by atoms with Gasteiger partial charge in [0.2, 0.25) is 0 Å². The van der Waals surface area contributed by atoms with Crippen molar-refractivity contribution in [1.29, 1.82) is 0 Å². The number of amidine groups is 1. The fourth-order valence-electron chi connectivity index (χ4n) is 3.81. The van der Waals surface area contributed by atoms with Crippen molar-refractivity contribution >= 4 is 23.2 Å². The Balaban J connectivity index is 1.54. The van der Waals surface area contributed by atoms with Crippen LogP contribution in [0.5, 0.6) is 5.75 Å². The van der Waals surface area contributed by atoms with Gasteiger partial charge in [0.1, 0.15) is 17.4 Å². The zero-order valence-corrected chi connectivity index (χ0v) is 19.5. The molecule has 0 saturated carbocycles. The van der Waals surface area contributed by atoms with E-state index < -0.39 is 0 Å². The quantitative estimate of drug-likeness (QED) is 0.570. The molecule has 7 nitrogen and oxygen atoms in total. The van der Waals surface area contributed by atoms with Gasteiger partial charge in [-0.25, -0.2) is 4.98 Å². The molecular formula is C26H29N5O2. The average Bonchev–Trinajstić information content (AvgIpc) is 3.25. The summed E-state index contributed by atoms with van der Waals surface area (Å²) >= 11 is 0. The topological polar surface area (TPSA) is 78.8 Å². The van der Waals surface area contributed by atoms with Crippen molar-refractivity contribution in [2.75, 3.05) is 37.9 Å². The number of hydrogen-bond donors (Lipinski definition) is 2. The zero-order chi connectivity index (χ0) is 23.4. The van der Waals surface area contributed by atoms with E-state index in [-0.39, 0.29) is 5.91 Å². The van der Waals surface area contributed by atoms with Crippen LogP contribution >= 0.6 is 0 Å². The third-order valence-corrected chi connectivity index (χ3v) is 5.60. The molecule has 1 aliphatic heterocycles. The summed E-state index contributed by atoms with van der Waals surface area (Å²) in [5.41, 5.74) is 5.33. The Morgan fingerprint density at radius 3 is 2.52 bits per heavy atom. The average molecular weight is 444 g/mol. The number of aliphatic imine (C=N–C) groups is 1. The van der Waals surface area contributed by atoms with E-state index in [0.717, 1.165) is 41.2 Å². The SMILES string of the molecule is COc1cc(C)cc(C(=O)Nc2ccc(C)cn2)c1NCc1ccc(C2=NCCN2C)cc1. The number of aromatic nitrogens is 1.